The van der Waals surface area contributed by atoms with Gasteiger partial charge in [0, 0.05) is 22.7 Å². The summed E-state index contributed by atoms with van der Waals surface area (Å²) >= 11 is 1.69. The number of hydrogen-bond donors (Lipinski definition) is 1. The van der Waals surface area contributed by atoms with Crippen LogP contribution in [0.1, 0.15) is 44.7 Å². The van der Waals surface area contributed by atoms with Gasteiger partial charge in [-0.1, -0.05) is 6.07 Å². The predicted molar refractivity (Wildman–Crippen MR) is 100 cm³/mol. The van der Waals surface area contributed by atoms with Crippen molar-refractivity contribution in [2.45, 2.75) is 18.9 Å². The minimum absolute atomic E-state index is 0.0322. The van der Waals surface area contributed by atoms with Crippen molar-refractivity contribution in [3.05, 3.63) is 76.4 Å². The summed E-state index contributed by atoms with van der Waals surface area (Å²) < 4.78 is 5.07. The molecule has 1 N–H and O–H groups in total. The number of likely N-dealkylation sites (tertiary alicyclic amines) is 1. The number of benzene rings is 1. The molecule has 1 aromatic carbocycles. The Bertz CT molecular complexity index is 886. The van der Waals surface area contributed by atoms with Gasteiger partial charge in [0.1, 0.15) is 0 Å². The summed E-state index contributed by atoms with van der Waals surface area (Å²) in [6.45, 7) is 0.776. The second kappa shape index (κ2) is 7.17. The van der Waals surface area contributed by atoms with E-state index in [1.54, 1.807) is 47.7 Å². The maximum absolute atomic E-state index is 12.9. The lowest BCUT2D eigenvalue weighted by Crippen LogP contribution is -2.30. The van der Waals surface area contributed by atoms with Gasteiger partial charge in [0.05, 0.1) is 12.3 Å². The second-order valence-corrected chi connectivity index (χ2v) is 7.16. The van der Waals surface area contributed by atoms with Crippen LogP contribution in [0.2, 0.25) is 0 Å². The van der Waals surface area contributed by atoms with Crippen molar-refractivity contribution >= 4 is 28.8 Å². The molecule has 3 aromatic rings. The second-order valence-electron chi connectivity index (χ2n) is 6.18. The normalized spacial score (nSPS) is 16.6. The molecule has 0 radical (unpaired) electrons. The van der Waals surface area contributed by atoms with Gasteiger partial charge >= 0.3 is 0 Å². The molecule has 1 saturated heterocycles. The maximum atomic E-state index is 12.9. The third kappa shape index (κ3) is 3.28. The fraction of sp³-hybridized carbons (Fsp3) is 0.200. The van der Waals surface area contributed by atoms with Gasteiger partial charge in [-0.05, 0) is 60.7 Å². The molecule has 4 rings (SSSR count). The molecule has 1 aliphatic heterocycles. The molecule has 1 aliphatic rings. The van der Waals surface area contributed by atoms with Gasteiger partial charge in [0.15, 0.2) is 5.76 Å². The minimum atomic E-state index is -0.314. The number of nitrogens with one attached hydrogen (secondary N) is 1. The molecule has 2 amide bonds. The van der Waals surface area contributed by atoms with E-state index in [0.29, 0.717) is 11.3 Å². The monoisotopic (exact) mass is 366 g/mol. The molecule has 26 heavy (non-hydrogen) atoms. The lowest BCUT2D eigenvalue weighted by atomic mass is 10.1. The summed E-state index contributed by atoms with van der Waals surface area (Å²) in [5.41, 5.74) is 1.25. The topological polar surface area (TPSA) is 62.6 Å². The van der Waals surface area contributed by atoms with Crippen LogP contribution >= 0.6 is 11.3 Å². The number of carbonyl (C=O) groups excluding carboxylic acids is 2. The van der Waals surface area contributed by atoms with E-state index in [9.17, 15) is 9.59 Å². The Balaban J connectivity index is 1.46. The van der Waals surface area contributed by atoms with Crippen LogP contribution in [0.25, 0.3) is 0 Å². The molecule has 2 aromatic heterocycles. The Labute approximate surface area is 155 Å². The smallest absolute Gasteiger partial charge is 0.291 e. The molecule has 0 spiro atoms. The number of hydrogen-bond acceptors (Lipinski definition) is 4. The van der Waals surface area contributed by atoms with Crippen molar-refractivity contribution in [2.75, 3.05) is 11.9 Å². The molecule has 132 valence electrons. The largest absolute Gasteiger partial charge is 0.459 e. The van der Waals surface area contributed by atoms with Crippen LogP contribution in [-0.2, 0) is 0 Å². The summed E-state index contributed by atoms with van der Waals surface area (Å²) in [5, 5.41) is 4.80. The van der Waals surface area contributed by atoms with Crippen LogP contribution in [0.4, 0.5) is 5.69 Å². The van der Waals surface area contributed by atoms with Crippen LogP contribution in [-0.4, -0.2) is 23.3 Å². The maximum Gasteiger partial charge on any atom is 0.291 e. The van der Waals surface area contributed by atoms with Crippen molar-refractivity contribution in [2.24, 2.45) is 0 Å². The fourth-order valence-corrected chi connectivity index (χ4v) is 4.12. The van der Waals surface area contributed by atoms with Gasteiger partial charge < -0.3 is 14.6 Å². The van der Waals surface area contributed by atoms with E-state index in [0.717, 1.165) is 19.4 Å². The molecule has 6 heteroatoms. The van der Waals surface area contributed by atoms with Crippen molar-refractivity contribution < 1.29 is 14.0 Å². The zero-order valence-electron chi connectivity index (χ0n) is 14.1. The van der Waals surface area contributed by atoms with E-state index in [2.05, 4.69) is 11.4 Å². The highest BCUT2D eigenvalue weighted by molar-refractivity contribution is 7.10. The third-order valence-electron chi connectivity index (χ3n) is 4.52. The van der Waals surface area contributed by atoms with Gasteiger partial charge in [-0.25, -0.2) is 0 Å². The van der Waals surface area contributed by atoms with Crippen molar-refractivity contribution in [1.29, 1.82) is 0 Å². The van der Waals surface area contributed by atoms with E-state index in [-0.39, 0.29) is 23.6 Å². The Morgan fingerprint density at radius 2 is 1.96 bits per heavy atom. The standard InChI is InChI=1S/C20H18N2O3S/c23-19(17-5-2-12-25-17)21-15-9-7-14(8-10-15)20(24)22-11-1-4-16(22)18-6-3-13-26-18/h2-3,5-10,12-13,16H,1,4,11H2,(H,21,23)/t16-/m0/s1. The number of rotatable bonds is 4. The van der Waals surface area contributed by atoms with Gasteiger partial charge in [-0.3, -0.25) is 9.59 Å². The molecule has 0 unspecified atom stereocenters. The highest BCUT2D eigenvalue weighted by Crippen LogP contribution is 2.35. The van der Waals surface area contributed by atoms with Crippen LogP contribution in [0.3, 0.4) is 0 Å². The molecule has 5 nitrogen and oxygen atoms in total. The molecule has 1 fully saturated rings. The average molecular weight is 366 g/mol. The Hall–Kier alpha value is -2.86. The minimum Gasteiger partial charge on any atom is -0.459 e. The lowest BCUT2D eigenvalue weighted by molar-refractivity contribution is 0.0738. The predicted octanol–water partition coefficient (Wildman–Crippen LogP) is 4.57. The zero-order chi connectivity index (χ0) is 17.9. The molecule has 0 saturated carbocycles. The van der Waals surface area contributed by atoms with Crippen molar-refractivity contribution in [3.63, 3.8) is 0 Å². The summed E-state index contributed by atoms with van der Waals surface area (Å²) in [6, 6.07) is 14.5. The molecule has 1 atom stereocenters. The first-order valence-electron chi connectivity index (χ1n) is 8.51. The summed E-state index contributed by atoms with van der Waals surface area (Å²) in [6.07, 6.45) is 3.48. The summed E-state index contributed by atoms with van der Waals surface area (Å²) in [4.78, 5) is 28.1. The Morgan fingerprint density at radius 1 is 1.12 bits per heavy atom. The zero-order valence-corrected chi connectivity index (χ0v) is 14.9. The van der Waals surface area contributed by atoms with Crippen molar-refractivity contribution in [1.82, 2.24) is 4.90 Å². The quantitative estimate of drug-likeness (QED) is 0.736. The lowest BCUT2D eigenvalue weighted by Gasteiger charge is -2.24. The highest BCUT2D eigenvalue weighted by atomic mass is 32.1. The van der Waals surface area contributed by atoms with Crippen LogP contribution in [0.15, 0.2) is 64.6 Å². The summed E-state index contributed by atoms with van der Waals surface area (Å²) in [5.74, 6) is -0.0304. The average Bonchev–Trinajstić information content (AvgIpc) is 3.43. The molecule has 0 bridgehead atoms. The molecular weight excluding hydrogens is 348 g/mol. The summed E-state index contributed by atoms with van der Waals surface area (Å²) in [7, 11) is 0. The van der Waals surface area contributed by atoms with Gasteiger partial charge in [0.25, 0.3) is 11.8 Å². The third-order valence-corrected chi connectivity index (χ3v) is 5.49. The number of nitrogens with zero attached hydrogens (tertiary/aromatic N) is 1. The van der Waals surface area contributed by atoms with Gasteiger partial charge in [-0.2, -0.15) is 0 Å². The van der Waals surface area contributed by atoms with Crippen LogP contribution in [0.5, 0.6) is 0 Å². The van der Waals surface area contributed by atoms with E-state index in [1.165, 1.54) is 11.1 Å². The van der Waals surface area contributed by atoms with E-state index < -0.39 is 0 Å². The Morgan fingerprint density at radius 3 is 2.65 bits per heavy atom. The molecule has 0 aliphatic carbocycles. The van der Waals surface area contributed by atoms with Gasteiger partial charge in [0.2, 0.25) is 0 Å². The number of amides is 2. The van der Waals surface area contributed by atoms with Crippen molar-refractivity contribution in [3.8, 4) is 0 Å². The van der Waals surface area contributed by atoms with Crippen LogP contribution in [0, 0.1) is 0 Å². The number of carbonyl (C=O) groups is 2. The first-order chi connectivity index (χ1) is 12.7. The molecular formula is C20H18N2O3S. The van der Waals surface area contributed by atoms with E-state index in [4.69, 9.17) is 4.42 Å². The number of thiophene rings is 1. The molecule has 3 heterocycles. The first-order valence-corrected chi connectivity index (χ1v) is 9.39. The number of furan rings is 1. The first kappa shape index (κ1) is 16.6. The van der Waals surface area contributed by atoms with Crippen LogP contribution < -0.4 is 5.32 Å². The SMILES string of the molecule is O=C(Nc1ccc(C(=O)N2CCC[C@H]2c2cccs2)cc1)c1ccco1. The van der Waals surface area contributed by atoms with Gasteiger partial charge in [-0.15, -0.1) is 11.3 Å². The highest BCUT2D eigenvalue weighted by Gasteiger charge is 2.31. The van der Waals surface area contributed by atoms with E-state index in [1.807, 2.05) is 16.3 Å². The Kier molecular flexibility index (Phi) is 4.58. The fourth-order valence-electron chi connectivity index (χ4n) is 3.25. The number of anilines is 1. The van der Waals surface area contributed by atoms with E-state index >= 15 is 0 Å².